The van der Waals surface area contributed by atoms with Crippen molar-refractivity contribution in [3.63, 3.8) is 0 Å². The zero-order valence-corrected chi connectivity index (χ0v) is 48.9. The van der Waals surface area contributed by atoms with Crippen LogP contribution in [-0.2, 0) is 57.7 Å². The van der Waals surface area contributed by atoms with Crippen molar-refractivity contribution in [2.75, 3.05) is 19.6 Å². The van der Waals surface area contributed by atoms with E-state index in [2.05, 4.69) is 43.3 Å². The maximum absolute atomic E-state index is 14.4. The highest BCUT2D eigenvalue weighted by Crippen LogP contribution is 2.26. The minimum Gasteiger partial charge on any atom is -0.391 e. The summed E-state index contributed by atoms with van der Waals surface area (Å²) in [5.74, 6) is -10.1. The standard InChI is InChI=1S/C58H102N8O14/c1-6-7-8-9-10-11-12-13-14-15-16-17-18-21-42(67)23-27-52(73)66-54(38(4)5)49(70)34-43(37(2)3)57(77)63-44(24-26-51(61)72)47(68)33-41(22-25-50(60)71)56(76)64-45(31-39-28-30-62-36-39)48(69)32-40(20-19-29-59)55(75)65-46-35-53(74)79-80-58(46)78/h37-41,43-46,48-49,54,62,69-70H,6-36,59H2,1-5H3,(H2,60,71)(H2,61,72)(H,63,77)(H,64,76)(H,65,75)(H,66,73)/t39?,40?,41?,43?,44-,45?,46?,48?,49?,54-/m0/s1. The van der Waals surface area contributed by atoms with Crippen LogP contribution in [-0.4, -0.2) is 125 Å². The normalized spacial score (nSPS) is 18.4. The van der Waals surface area contributed by atoms with Crippen LogP contribution in [0.2, 0.25) is 0 Å². The third kappa shape index (κ3) is 29.6. The van der Waals surface area contributed by atoms with Gasteiger partial charge in [-0.2, -0.15) is 0 Å². The molecule has 0 bridgehead atoms. The first-order valence-corrected chi connectivity index (χ1v) is 30.1. The molecule has 6 amide bonds. The summed E-state index contributed by atoms with van der Waals surface area (Å²) in [5, 5.41) is 37.7. The Morgan fingerprint density at radius 3 is 1.82 bits per heavy atom. The fraction of sp³-hybridized carbons (Fsp3) is 0.828. The van der Waals surface area contributed by atoms with E-state index in [9.17, 15) is 58.2 Å². The molecule has 8 unspecified atom stereocenters. The molecule has 13 N–H and O–H groups in total. The van der Waals surface area contributed by atoms with Crippen LogP contribution in [0.25, 0.3) is 0 Å². The Balaban J connectivity index is 2.15. The van der Waals surface area contributed by atoms with Gasteiger partial charge in [0.1, 0.15) is 11.8 Å². The highest BCUT2D eigenvalue weighted by molar-refractivity contribution is 5.94. The Bertz CT molecular complexity index is 1930. The number of carbonyl (C=O) groups excluding carboxylic acids is 10. The number of amides is 6. The van der Waals surface area contributed by atoms with Crippen LogP contribution in [0, 0.1) is 35.5 Å². The molecule has 0 aromatic rings. The molecule has 2 aliphatic heterocycles. The first-order valence-electron chi connectivity index (χ1n) is 30.1. The number of unbranched alkanes of at least 4 members (excludes halogenated alkanes) is 12. The van der Waals surface area contributed by atoms with Crippen LogP contribution < -0.4 is 43.8 Å². The van der Waals surface area contributed by atoms with Gasteiger partial charge in [0.05, 0.1) is 36.8 Å². The molecule has 22 heteroatoms. The summed E-state index contributed by atoms with van der Waals surface area (Å²) in [7, 11) is 0. The summed E-state index contributed by atoms with van der Waals surface area (Å²) in [6.45, 7) is 10.8. The Labute approximate surface area is 475 Å². The van der Waals surface area contributed by atoms with Crippen molar-refractivity contribution in [2.24, 2.45) is 52.7 Å². The monoisotopic (exact) mass is 1130 g/mol. The van der Waals surface area contributed by atoms with E-state index in [0.717, 1.165) is 25.7 Å². The van der Waals surface area contributed by atoms with Gasteiger partial charge in [-0.1, -0.05) is 112 Å². The van der Waals surface area contributed by atoms with Crippen LogP contribution in [0.1, 0.15) is 214 Å². The third-order valence-electron chi connectivity index (χ3n) is 15.6. The van der Waals surface area contributed by atoms with Crippen LogP contribution >= 0.6 is 0 Å². The maximum atomic E-state index is 14.4. The van der Waals surface area contributed by atoms with Crippen molar-refractivity contribution in [3.05, 3.63) is 0 Å². The Morgan fingerprint density at radius 2 is 1.26 bits per heavy atom. The first-order chi connectivity index (χ1) is 38.1. The second-order valence-electron chi connectivity index (χ2n) is 23.2. The fourth-order valence-electron chi connectivity index (χ4n) is 10.6. The summed E-state index contributed by atoms with van der Waals surface area (Å²) in [6.07, 6.45) is 12.6. The topological polar surface area (TPSA) is 368 Å². The molecular weight excluding hydrogens is 1030 g/mol. The van der Waals surface area contributed by atoms with Gasteiger partial charge >= 0.3 is 11.9 Å². The molecule has 458 valence electrons. The third-order valence-corrected chi connectivity index (χ3v) is 15.6. The van der Waals surface area contributed by atoms with E-state index in [4.69, 9.17) is 17.2 Å². The number of ketones is 2. The first kappa shape index (κ1) is 71.0. The van der Waals surface area contributed by atoms with Gasteiger partial charge in [-0.15, -0.1) is 0 Å². The van der Waals surface area contributed by atoms with Gasteiger partial charge in [-0.3, -0.25) is 38.4 Å². The smallest absolute Gasteiger partial charge is 0.378 e. The average molecular weight is 1140 g/mol. The lowest BCUT2D eigenvalue weighted by Gasteiger charge is -2.32. The number of rotatable bonds is 46. The quantitative estimate of drug-likeness (QED) is 0.0304. The number of Topliss-reactive ketones (excluding diaryl/α,β-unsaturated/α-hetero) is 2. The Kier molecular flexibility index (Phi) is 35.7. The lowest BCUT2D eigenvalue weighted by molar-refractivity contribution is -0.270. The van der Waals surface area contributed by atoms with Crippen LogP contribution in [0.4, 0.5) is 0 Å². The highest BCUT2D eigenvalue weighted by Gasteiger charge is 2.39. The molecule has 2 rings (SSSR count). The molecule has 2 aliphatic rings. The van der Waals surface area contributed by atoms with Gasteiger partial charge in [-0.05, 0) is 95.2 Å². The number of nitrogens with two attached hydrogens (primary N) is 3. The zero-order valence-electron chi connectivity index (χ0n) is 48.9. The molecule has 10 atom stereocenters. The number of hydrogen-bond acceptors (Lipinski definition) is 16. The molecule has 22 nitrogen and oxygen atoms in total. The van der Waals surface area contributed by atoms with Crippen molar-refractivity contribution in [1.29, 1.82) is 0 Å². The highest BCUT2D eigenvalue weighted by atomic mass is 17.2. The van der Waals surface area contributed by atoms with E-state index < -0.39 is 120 Å². The predicted molar refractivity (Wildman–Crippen MR) is 301 cm³/mol. The second-order valence-corrected chi connectivity index (χ2v) is 23.2. The van der Waals surface area contributed by atoms with E-state index in [-0.39, 0.29) is 94.3 Å². The molecule has 2 saturated heterocycles. The van der Waals surface area contributed by atoms with E-state index in [1.165, 1.54) is 57.8 Å². The van der Waals surface area contributed by atoms with Crippen molar-refractivity contribution >= 4 is 58.9 Å². The number of primary amides is 2. The van der Waals surface area contributed by atoms with Crippen LogP contribution in [0.15, 0.2) is 0 Å². The minimum absolute atomic E-state index is 0.00731. The molecule has 0 aromatic carbocycles. The van der Waals surface area contributed by atoms with E-state index in [1.54, 1.807) is 13.8 Å². The molecule has 0 radical (unpaired) electrons. The number of hydrogen-bond donors (Lipinski definition) is 10. The molecule has 0 aromatic heterocycles. The van der Waals surface area contributed by atoms with Crippen molar-refractivity contribution in [2.45, 2.75) is 251 Å². The SMILES string of the molecule is CCCCCCCCCCCCCCCC(=O)CCC(=O)N[C@@H](C(C)C)C(O)CC(C(=O)N[C@@H](CCC(N)=O)C(=O)CC(CCC(N)=O)C(=O)NC(CC1CCNC1)C(O)CC(CCCN)C(=O)NC1CC(=O)OOC1=O)C(C)C. The summed E-state index contributed by atoms with van der Waals surface area (Å²) >= 11 is 0. The van der Waals surface area contributed by atoms with E-state index in [1.807, 2.05) is 13.8 Å². The lowest BCUT2D eigenvalue weighted by Crippen LogP contribution is -2.51. The Hall–Kier alpha value is -5.06. The summed E-state index contributed by atoms with van der Waals surface area (Å²) in [6, 6.07) is -4.42. The zero-order chi connectivity index (χ0) is 59.6. The maximum Gasteiger partial charge on any atom is 0.378 e. The molecular formula is C58H102N8O14. The molecule has 80 heavy (non-hydrogen) atoms. The number of nitrogens with one attached hydrogen (secondary N) is 5. The molecule has 2 fully saturated rings. The minimum atomic E-state index is -1.36. The fourth-order valence-corrected chi connectivity index (χ4v) is 10.6. The van der Waals surface area contributed by atoms with E-state index in [0.29, 0.717) is 32.4 Å². The van der Waals surface area contributed by atoms with Gasteiger partial charge in [0, 0.05) is 56.3 Å². The van der Waals surface area contributed by atoms with Gasteiger partial charge in [-0.25, -0.2) is 19.4 Å². The van der Waals surface area contributed by atoms with Gasteiger partial charge < -0.3 is 54.0 Å². The Morgan fingerprint density at radius 1 is 0.650 bits per heavy atom. The molecule has 2 heterocycles. The summed E-state index contributed by atoms with van der Waals surface area (Å²) in [5.41, 5.74) is 16.8. The van der Waals surface area contributed by atoms with Crippen LogP contribution in [0.3, 0.4) is 0 Å². The summed E-state index contributed by atoms with van der Waals surface area (Å²) < 4.78 is 0. The van der Waals surface area contributed by atoms with Crippen LogP contribution in [0.5, 0.6) is 0 Å². The van der Waals surface area contributed by atoms with E-state index >= 15 is 0 Å². The predicted octanol–water partition coefficient (Wildman–Crippen LogP) is 4.05. The van der Waals surface area contributed by atoms with Crippen molar-refractivity contribution in [1.82, 2.24) is 26.6 Å². The van der Waals surface area contributed by atoms with Gasteiger partial charge in [0.2, 0.25) is 35.4 Å². The number of aliphatic hydroxyl groups is 2. The molecule has 0 spiro atoms. The average Bonchev–Trinajstić information content (AvgIpc) is 3.92. The van der Waals surface area contributed by atoms with Gasteiger partial charge in [0.15, 0.2) is 5.78 Å². The second kappa shape index (κ2) is 40.2. The number of aliphatic hydroxyl groups excluding tert-OH is 2. The van der Waals surface area contributed by atoms with Gasteiger partial charge in [0.25, 0.3) is 0 Å². The molecule has 0 saturated carbocycles. The van der Waals surface area contributed by atoms with Crippen molar-refractivity contribution < 1.29 is 67.9 Å². The largest absolute Gasteiger partial charge is 0.391 e. The summed E-state index contributed by atoms with van der Waals surface area (Å²) in [4.78, 5) is 139. The number of carbonyl (C=O) groups is 10. The molecule has 0 aliphatic carbocycles. The lowest BCUT2D eigenvalue weighted by atomic mass is 9.84. The van der Waals surface area contributed by atoms with Crippen molar-refractivity contribution in [3.8, 4) is 0 Å².